The van der Waals surface area contributed by atoms with Crippen LogP contribution < -0.4 is 5.43 Å². The van der Waals surface area contributed by atoms with Gasteiger partial charge in [-0.3, -0.25) is 4.79 Å². The Balaban J connectivity index is 1.79. The molecule has 1 unspecified atom stereocenters. The van der Waals surface area contributed by atoms with Crippen LogP contribution in [0.3, 0.4) is 0 Å². The van der Waals surface area contributed by atoms with Crippen LogP contribution in [0.25, 0.3) is 0 Å². The first-order chi connectivity index (χ1) is 11.0. The molecule has 0 bridgehead atoms. The number of hydrazone groups is 1. The van der Waals surface area contributed by atoms with Gasteiger partial charge in [-0.25, -0.2) is 9.82 Å². The molecule has 2 aromatic carbocycles. The molecule has 0 aliphatic carbocycles. The van der Waals surface area contributed by atoms with Crippen molar-refractivity contribution in [2.45, 2.75) is 16.6 Å². The van der Waals surface area contributed by atoms with Crippen LogP contribution >= 0.6 is 39.3 Å². The van der Waals surface area contributed by atoms with Crippen molar-refractivity contribution >= 4 is 50.9 Å². The van der Waals surface area contributed by atoms with Crippen LogP contribution in [0.2, 0.25) is 5.02 Å². The van der Waals surface area contributed by atoms with E-state index in [4.69, 9.17) is 11.6 Å². The third-order valence-corrected chi connectivity index (χ3v) is 5.39. The van der Waals surface area contributed by atoms with Gasteiger partial charge in [0.2, 0.25) is 0 Å². The first-order valence-corrected chi connectivity index (χ1v) is 8.82. The predicted octanol–water partition coefficient (Wildman–Crippen LogP) is 4.63. The van der Waals surface area contributed by atoms with E-state index in [-0.39, 0.29) is 17.0 Å². The van der Waals surface area contributed by atoms with Gasteiger partial charge in [0.15, 0.2) is 0 Å². The molecule has 23 heavy (non-hydrogen) atoms. The Morgan fingerprint density at radius 3 is 2.70 bits per heavy atom. The van der Waals surface area contributed by atoms with E-state index < -0.39 is 0 Å². The van der Waals surface area contributed by atoms with Crippen molar-refractivity contribution in [1.82, 2.24) is 5.43 Å². The molecule has 1 aliphatic heterocycles. The van der Waals surface area contributed by atoms with Crippen LogP contribution in [-0.2, 0) is 4.79 Å². The standard InChI is InChI=1S/C16H11BrClFN2OS/c17-12-7-9(1-6-13(12)19)14-8-15(16(22)21-20-14)23-11-4-2-10(18)3-5-11/h1-7,15H,8H2,(H,21,22). The van der Waals surface area contributed by atoms with Gasteiger partial charge in [0.25, 0.3) is 5.91 Å². The Morgan fingerprint density at radius 1 is 1.26 bits per heavy atom. The number of benzene rings is 2. The van der Waals surface area contributed by atoms with E-state index in [0.717, 1.165) is 16.2 Å². The number of hydrogen-bond acceptors (Lipinski definition) is 3. The molecule has 118 valence electrons. The van der Waals surface area contributed by atoms with Gasteiger partial charge in [-0.1, -0.05) is 17.7 Å². The highest BCUT2D eigenvalue weighted by molar-refractivity contribution is 9.10. The number of nitrogens with zero attached hydrogens (tertiary/aromatic N) is 1. The average molecular weight is 414 g/mol. The van der Waals surface area contributed by atoms with Crippen LogP contribution in [0.1, 0.15) is 12.0 Å². The van der Waals surface area contributed by atoms with Gasteiger partial charge in [0, 0.05) is 16.3 Å². The molecule has 0 aromatic heterocycles. The molecule has 0 saturated carbocycles. The van der Waals surface area contributed by atoms with Crippen molar-refractivity contribution in [3.63, 3.8) is 0 Å². The van der Waals surface area contributed by atoms with Gasteiger partial charge in [0.1, 0.15) is 5.82 Å². The lowest BCUT2D eigenvalue weighted by atomic mass is 10.0. The number of halogens is 3. The van der Waals surface area contributed by atoms with Crippen molar-refractivity contribution in [2.75, 3.05) is 0 Å². The van der Waals surface area contributed by atoms with Crippen LogP contribution in [0.4, 0.5) is 4.39 Å². The van der Waals surface area contributed by atoms with Gasteiger partial charge in [-0.2, -0.15) is 5.10 Å². The highest BCUT2D eigenvalue weighted by Gasteiger charge is 2.27. The number of carbonyl (C=O) groups is 1. The Kier molecular flexibility index (Phi) is 5.04. The minimum absolute atomic E-state index is 0.144. The predicted molar refractivity (Wildman–Crippen MR) is 94.5 cm³/mol. The molecule has 7 heteroatoms. The summed E-state index contributed by atoms with van der Waals surface area (Å²) in [6.07, 6.45) is 0.469. The molecule has 1 amide bonds. The van der Waals surface area contributed by atoms with E-state index in [1.807, 2.05) is 12.1 Å². The van der Waals surface area contributed by atoms with E-state index in [2.05, 4.69) is 26.5 Å². The molecular weight excluding hydrogens is 403 g/mol. The van der Waals surface area contributed by atoms with Crippen LogP contribution in [0, 0.1) is 5.82 Å². The summed E-state index contributed by atoms with van der Waals surface area (Å²) in [5.74, 6) is -0.476. The Labute approximate surface area is 150 Å². The van der Waals surface area contributed by atoms with E-state index in [1.165, 1.54) is 17.8 Å². The molecule has 1 aliphatic rings. The monoisotopic (exact) mass is 412 g/mol. The Morgan fingerprint density at radius 2 is 2.00 bits per heavy atom. The van der Waals surface area contributed by atoms with E-state index in [9.17, 15) is 9.18 Å². The third kappa shape index (κ3) is 3.94. The number of thioether (sulfide) groups is 1. The molecule has 0 fully saturated rings. The third-order valence-electron chi connectivity index (χ3n) is 3.32. The number of hydrogen-bond donors (Lipinski definition) is 1. The molecule has 0 saturated heterocycles. The summed E-state index contributed by atoms with van der Waals surface area (Å²) in [7, 11) is 0. The lowest BCUT2D eigenvalue weighted by molar-refractivity contribution is -0.120. The van der Waals surface area contributed by atoms with Gasteiger partial charge in [-0.15, -0.1) is 11.8 Å². The topological polar surface area (TPSA) is 41.5 Å². The van der Waals surface area contributed by atoms with Crippen molar-refractivity contribution in [3.8, 4) is 0 Å². The maximum absolute atomic E-state index is 13.4. The number of carbonyl (C=O) groups excluding carboxylic acids is 1. The lowest BCUT2D eigenvalue weighted by Gasteiger charge is -2.21. The molecule has 1 atom stereocenters. The zero-order chi connectivity index (χ0) is 16.4. The summed E-state index contributed by atoms with van der Waals surface area (Å²) < 4.78 is 13.7. The smallest absolute Gasteiger partial charge is 0.253 e. The fourth-order valence-electron chi connectivity index (χ4n) is 2.14. The van der Waals surface area contributed by atoms with Crippen LogP contribution in [-0.4, -0.2) is 16.9 Å². The summed E-state index contributed by atoms with van der Waals surface area (Å²) in [6.45, 7) is 0. The quantitative estimate of drug-likeness (QED) is 0.797. The first kappa shape index (κ1) is 16.5. The van der Waals surface area contributed by atoms with Crippen LogP contribution in [0.15, 0.2) is 56.9 Å². The van der Waals surface area contributed by atoms with Crippen molar-refractivity contribution < 1.29 is 9.18 Å². The fraction of sp³-hybridized carbons (Fsp3) is 0.125. The summed E-state index contributed by atoms with van der Waals surface area (Å²) in [5.41, 5.74) is 4.04. The molecule has 3 rings (SSSR count). The zero-order valence-corrected chi connectivity index (χ0v) is 14.9. The number of amides is 1. The molecule has 1 N–H and O–H groups in total. The van der Waals surface area contributed by atoms with Crippen molar-refractivity contribution in [2.24, 2.45) is 5.10 Å². The molecule has 2 aromatic rings. The molecule has 3 nitrogen and oxygen atoms in total. The lowest BCUT2D eigenvalue weighted by Crippen LogP contribution is -2.36. The highest BCUT2D eigenvalue weighted by atomic mass is 79.9. The maximum Gasteiger partial charge on any atom is 0.253 e. The van der Waals surface area contributed by atoms with Crippen LogP contribution in [0.5, 0.6) is 0 Å². The summed E-state index contributed by atoms with van der Waals surface area (Å²) >= 11 is 10.5. The first-order valence-electron chi connectivity index (χ1n) is 6.77. The second-order valence-corrected chi connectivity index (χ2v) is 7.49. The second-order valence-electron chi connectivity index (χ2n) is 4.93. The van der Waals surface area contributed by atoms with Gasteiger partial charge >= 0.3 is 0 Å². The minimum atomic E-state index is -0.332. The second kappa shape index (κ2) is 7.03. The van der Waals surface area contributed by atoms with Gasteiger partial charge in [-0.05, 0) is 57.9 Å². The largest absolute Gasteiger partial charge is 0.272 e. The number of rotatable bonds is 3. The summed E-state index contributed by atoms with van der Waals surface area (Å²) in [5, 5.41) is 4.45. The fourth-order valence-corrected chi connectivity index (χ4v) is 3.67. The Bertz CT molecular complexity index is 782. The minimum Gasteiger partial charge on any atom is -0.272 e. The van der Waals surface area contributed by atoms with Crippen molar-refractivity contribution in [3.05, 3.63) is 63.3 Å². The van der Waals surface area contributed by atoms with E-state index in [0.29, 0.717) is 15.9 Å². The molecule has 0 radical (unpaired) electrons. The highest BCUT2D eigenvalue weighted by Crippen LogP contribution is 2.30. The number of nitrogens with one attached hydrogen (secondary N) is 1. The van der Waals surface area contributed by atoms with E-state index >= 15 is 0 Å². The Hall–Kier alpha value is -1.37. The summed E-state index contributed by atoms with van der Waals surface area (Å²) in [6, 6.07) is 12.0. The molecular formula is C16H11BrClFN2OS. The van der Waals surface area contributed by atoms with Gasteiger partial charge < -0.3 is 0 Å². The van der Waals surface area contributed by atoms with Crippen molar-refractivity contribution in [1.29, 1.82) is 0 Å². The van der Waals surface area contributed by atoms with Gasteiger partial charge in [0.05, 0.1) is 15.4 Å². The molecule has 0 spiro atoms. The SMILES string of the molecule is O=C1NN=C(c2ccc(F)c(Br)c2)CC1Sc1ccc(Cl)cc1. The zero-order valence-electron chi connectivity index (χ0n) is 11.7. The normalized spacial score (nSPS) is 17.6. The van der Waals surface area contributed by atoms with E-state index in [1.54, 1.807) is 24.3 Å². The maximum atomic E-state index is 13.4. The summed E-state index contributed by atoms with van der Waals surface area (Å²) in [4.78, 5) is 13.0. The molecule has 1 heterocycles. The average Bonchev–Trinajstić information content (AvgIpc) is 2.54.